The van der Waals surface area contributed by atoms with Crippen molar-refractivity contribution in [3.05, 3.63) is 29.8 Å². The summed E-state index contributed by atoms with van der Waals surface area (Å²) in [5, 5.41) is 8.95. The van der Waals surface area contributed by atoms with Crippen LogP contribution in [0.5, 0.6) is 0 Å². The number of carboxylic acids is 1. The molecule has 1 aromatic rings. The van der Waals surface area contributed by atoms with Gasteiger partial charge in [0.05, 0.1) is 0 Å². The summed E-state index contributed by atoms with van der Waals surface area (Å²) in [4.78, 5) is 12.9. The van der Waals surface area contributed by atoms with Crippen LogP contribution < -0.4 is 10.6 Å². The molecule has 0 heterocycles. The van der Waals surface area contributed by atoms with Crippen molar-refractivity contribution < 1.29 is 9.90 Å². The van der Waals surface area contributed by atoms with E-state index in [9.17, 15) is 4.79 Å². The van der Waals surface area contributed by atoms with Gasteiger partial charge in [0.15, 0.2) is 0 Å². The second-order valence-corrected chi connectivity index (χ2v) is 4.59. The molecule has 16 heavy (non-hydrogen) atoms. The summed E-state index contributed by atoms with van der Waals surface area (Å²) in [6, 6.07) is 7.88. The lowest BCUT2D eigenvalue weighted by atomic mass is 10.1. The van der Waals surface area contributed by atoms with E-state index >= 15 is 0 Å². The molecule has 1 fully saturated rings. The van der Waals surface area contributed by atoms with Gasteiger partial charge >= 0.3 is 5.97 Å². The molecule has 0 radical (unpaired) electrons. The molecule has 0 aliphatic heterocycles. The molecule has 2 atom stereocenters. The third kappa shape index (κ3) is 1.65. The van der Waals surface area contributed by atoms with Crippen LogP contribution in [0.15, 0.2) is 24.3 Å². The average Bonchev–Trinajstić information content (AvgIpc) is 2.93. The largest absolute Gasteiger partial charge is 0.480 e. The van der Waals surface area contributed by atoms with Gasteiger partial charge in [0, 0.05) is 25.7 Å². The summed E-state index contributed by atoms with van der Waals surface area (Å²) in [5.74, 6) is -0.949. The molecule has 0 bridgehead atoms. The molecule has 1 aliphatic carbocycles. The summed E-state index contributed by atoms with van der Waals surface area (Å²) < 4.78 is 0. The molecule has 0 unspecified atom stereocenters. The molecule has 3 N–H and O–H groups in total. The number of aliphatic carboxylic acids is 1. The van der Waals surface area contributed by atoms with Gasteiger partial charge in [-0.05, 0) is 24.1 Å². The van der Waals surface area contributed by atoms with Crippen LogP contribution in [0.1, 0.15) is 17.9 Å². The van der Waals surface area contributed by atoms with Gasteiger partial charge in [-0.25, -0.2) is 0 Å². The van der Waals surface area contributed by atoms with Crippen molar-refractivity contribution in [1.29, 1.82) is 0 Å². The van der Waals surface area contributed by atoms with E-state index in [2.05, 4.69) is 0 Å². The monoisotopic (exact) mass is 220 g/mol. The molecule has 0 saturated heterocycles. The zero-order valence-electron chi connectivity index (χ0n) is 9.47. The van der Waals surface area contributed by atoms with Gasteiger partial charge in [0.1, 0.15) is 5.54 Å². The molecule has 1 saturated carbocycles. The summed E-state index contributed by atoms with van der Waals surface area (Å²) in [6.07, 6.45) is 0.531. The van der Waals surface area contributed by atoms with Crippen molar-refractivity contribution in [3.63, 3.8) is 0 Å². The second-order valence-electron chi connectivity index (χ2n) is 4.59. The van der Waals surface area contributed by atoms with Gasteiger partial charge in [0.2, 0.25) is 0 Å². The zero-order valence-corrected chi connectivity index (χ0v) is 9.47. The van der Waals surface area contributed by atoms with E-state index in [1.807, 2.05) is 43.3 Å². The van der Waals surface area contributed by atoms with Crippen LogP contribution in [-0.4, -0.2) is 30.7 Å². The average molecular weight is 220 g/mol. The molecular formula is C12H16N2O2. The van der Waals surface area contributed by atoms with E-state index in [4.69, 9.17) is 10.8 Å². The molecule has 0 aromatic heterocycles. The first-order valence-electron chi connectivity index (χ1n) is 5.24. The van der Waals surface area contributed by atoms with Crippen molar-refractivity contribution in [2.24, 2.45) is 5.73 Å². The van der Waals surface area contributed by atoms with Crippen molar-refractivity contribution in [3.8, 4) is 0 Å². The highest BCUT2D eigenvalue weighted by Crippen LogP contribution is 2.49. The van der Waals surface area contributed by atoms with Gasteiger partial charge in [-0.2, -0.15) is 0 Å². The van der Waals surface area contributed by atoms with Crippen LogP contribution >= 0.6 is 0 Å². The third-order valence-corrected chi connectivity index (χ3v) is 3.21. The van der Waals surface area contributed by atoms with E-state index in [0.29, 0.717) is 6.42 Å². The molecule has 4 nitrogen and oxygen atoms in total. The first-order valence-corrected chi connectivity index (χ1v) is 5.24. The first-order chi connectivity index (χ1) is 7.45. The number of carboxylic acid groups (broad SMARTS) is 1. The van der Waals surface area contributed by atoms with Crippen LogP contribution in [0.2, 0.25) is 0 Å². The number of anilines is 1. The Morgan fingerprint density at radius 2 is 2.00 bits per heavy atom. The second kappa shape index (κ2) is 3.49. The lowest BCUT2D eigenvalue weighted by Crippen LogP contribution is -2.34. The van der Waals surface area contributed by atoms with Gasteiger partial charge in [-0.1, -0.05) is 12.1 Å². The Bertz CT molecular complexity index is 414. The Kier molecular flexibility index (Phi) is 2.39. The Morgan fingerprint density at radius 1 is 1.44 bits per heavy atom. The minimum atomic E-state index is -1.04. The molecular weight excluding hydrogens is 204 g/mol. The smallest absolute Gasteiger partial charge is 0.324 e. The van der Waals surface area contributed by atoms with E-state index in [1.54, 1.807) is 0 Å². The highest BCUT2D eigenvalue weighted by molar-refractivity contribution is 5.85. The van der Waals surface area contributed by atoms with Gasteiger partial charge in [0.25, 0.3) is 0 Å². The summed E-state index contributed by atoms with van der Waals surface area (Å²) in [7, 11) is 3.94. The standard InChI is InChI=1S/C12H16N2O2/c1-14(2)9-5-3-8(4-6-9)10-7-12(10,13)11(15)16/h3-6,10H,7,13H2,1-2H3,(H,15,16)/t10-,12+/m0/s1. The highest BCUT2D eigenvalue weighted by atomic mass is 16.4. The fourth-order valence-electron chi connectivity index (χ4n) is 1.94. The van der Waals surface area contributed by atoms with Crippen LogP contribution in [0.4, 0.5) is 5.69 Å². The fraction of sp³-hybridized carbons (Fsp3) is 0.417. The van der Waals surface area contributed by atoms with Gasteiger partial charge in [-0.15, -0.1) is 0 Å². The zero-order chi connectivity index (χ0) is 11.9. The number of nitrogens with zero attached hydrogens (tertiary/aromatic N) is 1. The van der Waals surface area contributed by atoms with Crippen LogP contribution in [-0.2, 0) is 4.79 Å². The number of benzene rings is 1. The van der Waals surface area contributed by atoms with Gasteiger partial charge < -0.3 is 15.7 Å². The molecule has 0 spiro atoms. The maximum Gasteiger partial charge on any atom is 0.324 e. The molecule has 1 aliphatic rings. The minimum Gasteiger partial charge on any atom is -0.480 e. The number of hydrogen-bond donors (Lipinski definition) is 2. The fourth-order valence-corrected chi connectivity index (χ4v) is 1.94. The normalized spacial score (nSPS) is 27.6. The van der Waals surface area contributed by atoms with Crippen LogP contribution in [0.3, 0.4) is 0 Å². The Balaban J connectivity index is 2.16. The topological polar surface area (TPSA) is 66.6 Å². The summed E-state index contributed by atoms with van der Waals surface area (Å²) in [6.45, 7) is 0. The van der Waals surface area contributed by atoms with E-state index in [1.165, 1.54) is 0 Å². The summed E-state index contributed by atoms with van der Waals surface area (Å²) >= 11 is 0. The van der Waals surface area contributed by atoms with Crippen LogP contribution in [0.25, 0.3) is 0 Å². The predicted octanol–water partition coefficient (Wildman–Crippen LogP) is 1.02. The number of nitrogens with two attached hydrogens (primary N) is 1. The lowest BCUT2D eigenvalue weighted by Gasteiger charge is -2.13. The molecule has 0 amide bonds. The van der Waals surface area contributed by atoms with E-state index in [0.717, 1.165) is 11.3 Å². The summed E-state index contributed by atoms with van der Waals surface area (Å²) in [5.41, 5.74) is 6.82. The lowest BCUT2D eigenvalue weighted by molar-refractivity contribution is -0.139. The molecule has 4 heteroatoms. The molecule has 2 rings (SSSR count). The predicted molar refractivity (Wildman–Crippen MR) is 62.7 cm³/mol. The SMILES string of the molecule is CN(C)c1ccc([C@@H]2C[C@]2(N)C(=O)O)cc1. The van der Waals surface area contributed by atoms with E-state index < -0.39 is 11.5 Å². The van der Waals surface area contributed by atoms with Crippen molar-refractivity contribution in [2.45, 2.75) is 17.9 Å². The number of carbonyl (C=O) groups is 1. The van der Waals surface area contributed by atoms with Crippen molar-refractivity contribution >= 4 is 11.7 Å². The van der Waals surface area contributed by atoms with Crippen molar-refractivity contribution in [1.82, 2.24) is 0 Å². The highest BCUT2D eigenvalue weighted by Gasteiger charge is 2.58. The van der Waals surface area contributed by atoms with Crippen LogP contribution in [0, 0.1) is 0 Å². The third-order valence-electron chi connectivity index (χ3n) is 3.21. The van der Waals surface area contributed by atoms with E-state index in [-0.39, 0.29) is 5.92 Å². The number of rotatable bonds is 3. The number of hydrogen-bond acceptors (Lipinski definition) is 3. The quantitative estimate of drug-likeness (QED) is 0.798. The molecule has 86 valence electrons. The Labute approximate surface area is 94.7 Å². The molecule has 1 aromatic carbocycles. The maximum atomic E-state index is 10.9. The minimum absolute atomic E-state index is 0.0405. The van der Waals surface area contributed by atoms with Gasteiger partial charge in [-0.3, -0.25) is 4.79 Å². The first kappa shape index (κ1) is 11.0. The Hall–Kier alpha value is -1.55. The maximum absolute atomic E-state index is 10.9. The van der Waals surface area contributed by atoms with Crippen molar-refractivity contribution in [2.75, 3.05) is 19.0 Å². The Morgan fingerprint density at radius 3 is 2.38 bits per heavy atom.